The number of methoxy groups -OCH3 is 2. The minimum absolute atomic E-state index is 0.207. The molecule has 0 radical (unpaired) electrons. The minimum Gasteiger partial charge on any atom is -0.497 e. The monoisotopic (exact) mass is 383 g/mol. The molecule has 27 heavy (non-hydrogen) atoms. The van der Waals surface area contributed by atoms with Gasteiger partial charge >= 0.3 is 0 Å². The predicted octanol–water partition coefficient (Wildman–Crippen LogP) is 3.14. The molecule has 1 atom stereocenters. The van der Waals surface area contributed by atoms with E-state index in [1.807, 2.05) is 31.2 Å². The third-order valence-corrected chi connectivity index (χ3v) is 4.53. The van der Waals surface area contributed by atoms with Crippen LogP contribution in [0.15, 0.2) is 59.8 Å². The molecule has 3 rings (SSSR count). The molecule has 0 aliphatic carbocycles. The third kappa shape index (κ3) is 4.20. The van der Waals surface area contributed by atoms with E-state index in [2.05, 4.69) is 16.0 Å². The van der Waals surface area contributed by atoms with Crippen LogP contribution < -0.4 is 25.4 Å². The van der Waals surface area contributed by atoms with E-state index >= 15 is 0 Å². The molecule has 0 unspecified atom stereocenters. The summed E-state index contributed by atoms with van der Waals surface area (Å²) in [7, 11) is 3.22. The Morgan fingerprint density at radius 1 is 1.00 bits per heavy atom. The van der Waals surface area contributed by atoms with Crippen LogP contribution in [0.3, 0.4) is 0 Å². The summed E-state index contributed by atoms with van der Waals surface area (Å²) in [6.45, 7) is 1.84. The molecule has 0 aromatic heterocycles. The van der Waals surface area contributed by atoms with Gasteiger partial charge in [-0.1, -0.05) is 12.1 Å². The molecule has 1 amide bonds. The first kappa shape index (κ1) is 18.7. The van der Waals surface area contributed by atoms with Crippen LogP contribution in [0.2, 0.25) is 0 Å². The second-order valence-electron chi connectivity index (χ2n) is 6.03. The van der Waals surface area contributed by atoms with Crippen LogP contribution in [0.5, 0.6) is 11.5 Å². The van der Waals surface area contributed by atoms with Crippen molar-refractivity contribution in [1.29, 1.82) is 0 Å². The Balaban J connectivity index is 1.88. The van der Waals surface area contributed by atoms with Gasteiger partial charge in [0.05, 0.1) is 25.8 Å². The standard InChI is InChI=1S/C20H21N3O3S/c1-12-17(19(24)22-14-6-10-16(26-3)11-7-14)18(23-20(27)21-12)13-4-8-15(25-2)9-5-13/h4-11,18H,1-3H3,(H,22,24)(H2,21,23,27)/t18-/m1/s1. The Bertz CT molecular complexity index is 876. The van der Waals surface area contributed by atoms with Crippen molar-refractivity contribution in [1.82, 2.24) is 10.6 Å². The summed E-state index contributed by atoms with van der Waals surface area (Å²) >= 11 is 5.28. The third-order valence-electron chi connectivity index (χ3n) is 4.31. The van der Waals surface area contributed by atoms with Gasteiger partial charge in [0.2, 0.25) is 0 Å². The smallest absolute Gasteiger partial charge is 0.255 e. The van der Waals surface area contributed by atoms with Gasteiger partial charge in [0, 0.05) is 11.4 Å². The van der Waals surface area contributed by atoms with E-state index < -0.39 is 0 Å². The molecule has 1 aliphatic rings. The second kappa shape index (κ2) is 8.09. The highest BCUT2D eigenvalue weighted by Gasteiger charge is 2.29. The van der Waals surface area contributed by atoms with E-state index in [4.69, 9.17) is 21.7 Å². The van der Waals surface area contributed by atoms with Crippen molar-refractivity contribution in [3.05, 3.63) is 65.4 Å². The molecule has 2 aromatic rings. The van der Waals surface area contributed by atoms with Crippen LogP contribution in [0.4, 0.5) is 5.69 Å². The van der Waals surface area contributed by atoms with E-state index in [1.165, 1.54) is 0 Å². The van der Waals surface area contributed by atoms with Crippen molar-refractivity contribution in [2.24, 2.45) is 0 Å². The van der Waals surface area contributed by atoms with Crippen LogP contribution in [0.25, 0.3) is 0 Å². The molecule has 1 heterocycles. The van der Waals surface area contributed by atoms with E-state index in [0.29, 0.717) is 22.1 Å². The number of ether oxygens (including phenoxy) is 2. The molecule has 6 nitrogen and oxygen atoms in total. The van der Waals surface area contributed by atoms with Crippen molar-refractivity contribution in [2.45, 2.75) is 13.0 Å². The lowest BCUT2D eigenvalue weighted by Gasteiger charge is -2.30. The van der Waals surface area contributed by atoms with Gasteiger partial charge in [-0.15, -0.1) is 0 Å². The topological polar surface area (TPSA) is 71.6 Å². The number of carbonyl (C=O) groups excluding carboxylic acids is 1. The van der Waals surface area contributed by atoms with Crippen LogP contribution in [-0.4, -0.2) is 25.2 Å². The van der Waals surface area contributed by atoms with Gasteiger partial charge in [-0.2, -0.15) is 0 Å². The second-order valence-corrected chi connectivity index (χ2v) is 6.43. The predicted molar refractivity (Wildman–Crippen MR) is 109 cm³/mol. The number of nitrogens with one attached hydrogen (secondary N) is 3. The van der Waals surface area contributed by atoms with E-state index in [1.54, 1.807) is 38.5 Å². The quantitative estimate of drug-likeness (QED) is 0.689. The van der Waals surface area contributed by atoms with Crippen molar-refractivity contribution >= 4 is 28.9 Å². The fourth-order valence-electron chi connectivity index (χ4n) is 2.91. The van der Waals surface area contributed by atoms with Gasteiger partial charge in [-0.3, -0.25) is 4.79 Å². The Hall–Kier alpha value is -3.06. The first-order valence-electron chi connectivity index (χ1n) is 8.39. The van der Waals surface area contributed by atoms with Gasteiger partial charge in [-0.05, 0) is 61.1 Å². The fraction of sp³-hybridized carbons (Fsp3) is 0.200. The SMILES string of the molecule is COc1ccc(NC(=O)C2=C(C)NC(=S)N[C@@H]2c2ccc(OC)cc2)cc1. The molecular weight excluding hydrogens is 362 g/mol. The lowest BCUT2D eigenvalue weighted by atomic mass is 9.95. The molecule has 0 fully saturated rings. The largest absolute Gasteiger partial charge is 0.497 e. The number of hydrogen-bond acceptors (Lipinski definition) is 4. The van der Waals surface area contributed by atoms with Gasteiger partial charge < -0.3 is 25.4 Å². The van der Waals surface area contributed by atoms with Crippen molar-refractivity contribution in [3.8, 4) is 11.5 Å². The van der Waals surface area contributed by atoms with Gasteiger partial charge in [0.1, 0.15) is 11.5 Å². The van der Waals surface area contributed by atoms with Crippen molar-refractivity contribution < 1.29 is 14.3 Å². The lowest BCUT2D eigenvalue weighted by molar-refractivity contribution is -0.113. The summed E-state index contributed by atoms with van der Waals surface area (Å²) in [5, 5.41) is 9.62. The van der Waals surface area contributed by atoms with Gasteiger partial charge in [-0.25, -0.2) is 0 Å². The van der Waals surface area contributed by atoms with E-state index in [9.17, 15) is 4.79 Å². The zero-order chi connectivity index (χ0) is 19.4. The Morgan fingerprint density at radius 3 is 2.11 bits per heavy atom. The average Bonchev–Trinajstić information content (AvgIpc) is 2.68. The summed E-state index contributed by atoms with van der Waals surface area (Å²) in [6.07, 6.45) is 0. The van der Waals surface area contributed by atoms with Crippen molar-refractivity contribution in [3.63, 3.8) is 0 Å². The normalized spacial score (nSPS) is 16.3. The number of rotatable bonds is 5. The van der Waals surface area contributed by atoms with Crippen LogP contribution in [0, 0.1) is 0 Å². The summed E-state index contributed by atoms with van der Waals surface area (Å²) in [5.74, 6) is 1.27. The molecule has 1 aliphatic heterocycles. The van der Waals surface area contributed by atoms with Crippen LogP contribution >= 0.6 is 12.2 Å². The molecule has 140 valence electrons. The van der Waals surface area contributed by atoms with Crippen LogP contribution in [-0.2, 0) is 4.79 Å². The molecular formula is C20H21N3O3S. The number of hydrogen-bond donors (Lipinski definition) is 3. The Kier molecular flexibility index (Phi) is 5.61. The average molecular weight is 383 g/mol. The number of benzene rings is 2. The molecule has 2 aromatic carbocycles. The highest BCUT2D eigenvalue weighted by Crippen LogP contribution is 2.29. The molecule has 3 N–H and O–H groups in total. The lowest BCUT2D eigenvalue weighted by Crippen LogP contribution is -2.45. The Labute approximate surface area is 163 Å². The zero-order valence-electron chi connectivity index (χ0n) is 15.3. The van der Waals surface area contributed by atoms with Crippen molar-refractivity contribution in [2.75, 3.05) is 19.5 Å². The summed E-state index contributed by atoms with van der Waals surface area (Å²) in [6, 6.07) is 14.4. The maximum absolute atomic E-state index is 13.0. The summed E-state index contributed by atoms with van der Waals surface area (Å²) < 4.78 is 10.4. The number of thiocarbonyl (C=S) groups is 1. The Morgan fingerprint density at radius 2 is 1.56 bits per heavy atom. The zero-order valence-corrected chi connectivity index (χ0v) is 16.1. The molecule has 0 spiro atoms. The van der Waals surface area contributed by atoms with Gasteiger partial charge in [0.25, 0.3) is 5.91 Å². The first-order valence-corrected chi connectivity index (χ1v) is 8.80. The maximum Gasteiger partial charge on any atom is 0.255 e. The molecule has 0 bridgehead atoms. The first-order chi connectivity index (χ1) is 13.0. The molecule has 0 saturated carbocycles. The number of amides is 1. The fourth-order valence-corrected chi connectivity index (χ4v) is 3.18. The van der Waals surface area contributed by atoms with Crippen LogP contribution in [0.1, 0.15) is 18.5 Å². The number of anilines is 1. The van der Waals surface area contributed by atoms with E-state index in [0.717, 1.165) is 17.1 Å². The number of allylic oxidation sites excluding steroid dienone is 1. The molecule has 7 heteroatoms. The highest BCUT2D eigenvalue weighted by molar-refractivity contribution is 7.80. The maximum atomic E-state index is 13.0. The van der Waals surface area contributed by atoms with Gasteiger partial charge in [0.15, 0.2) is 5.11 Å². The summed E-state index contributed by atoms with van der Waals surface area (Å²) in [5.41, 5.74) is 2.89. The summed E-state index contributed by atoms with van der Waals surface area (Å²) in [4.78, 5) is 13.0. The minimum atomic E-state index is -0.358. The van der Waals surface area contributed by atoms with E-state index in [-0.39, 0.29) is 11.9 Å². The molecule has 0 saturated heterocycles. The number of carbonyl (C=O) groups is 1. The highest BCUT2D eigenvalue weighted by atomic mass is 32.1.